The summed E-state index contributed by atoms with van der Waals surface area (Å²) >= 11 is 3.14. The van der Waals surface area contributed by atoms with Gasteiger partial charge in [-0.05, 0) is 58.4 Å². The Morgan fingerprint density at radius 2 is 2.12 bits per heavy atom. The van der Waals surface area contributed by atoms with E-state index in [-0.39, 0.29) is 12.3 Å². The highest BCUT2D eigenvalue weighted by Gasteiger charge is 2.12. The number of benzene rings is 1. The summed E-state index contributed by atoms with van der Waals surface area (Å²) in [5, 5.41) is 5.68. The maximum Gasteiger partial charge on any atom is 0.291 e. The lowest BCUT2D eigenvalue weighted by Crippen LogP contribution is -2.12. The van der Waals surface area contributed by atoms with Gasteiger partial charge in [-0.2, -0.15) is 0 Å². The highest BCUT2D eigenvalue weighted by molar-refractivity contribution is 9.10. The molecule has 0 unspecified atom stereocenters. The zero-order chi connectivity index (χ0) is 17.8. The number of aromatic nitrogens is 1. The Labute approximate surface area is 151 Å². The standard InChI is InChI=1S/C17H14BrFN4O2/c18-15-6-5-14(25-15)17(24)23-11-3-4-12(19)10(8-11)9-22-13-2-1-7-21-16(13)20/h1-8,22H,9H2,(H2,20,21)(H,23,24). The van der Waals surface area contributed by atoms with E-state index in [9.17, 15) is 9.18 Å². The number of carbonyl (C=O) groups excluding carboxylic acids is 1. The minimum atomic E-state index is -0.423. The van der Waals surface area contributed by atoms with Crippen molar-refractivity contribution in [3.8, 4) is 0 Å². The number of hydrogen-bond donors (Lipinski definition) is 3. The molecule has 8 heteroatoms. The number of nitrogen functional groups attached to an aromatic ring is 1. The van der Waals surface area contributed by atoms with E-state index in [1.165, 1.54) is 18.2 Å². The summed E-state index contributed by atoms with van der Waals surface area (Å²) < 4.78 is 19.7. The zero-order valence-corrected chi connectivity index (χ0v) is 14.5. The van der Waals surface area contributed by atoms with Crippen molar-refractivity contribution in [2.24, 2.45) is 0 Å². The maximum absolute atomic E-state index is 14.0. The molecular formula is C17H14BrFN4O2. The van der Waals surface area contributed by atoms with Gasteiger partial charge in [0.05, 0.1) is 5.69 Å². The van der Waals surface area contributed by atoms with Crippen LogP contribution in [0.3, 0.4) is 0 Å². The predicted octanol–water partition coefficient (Wildman–Crippen LogP) is 4.02. The van der Waals surface area contributed by atoms with Crippen molar-refractivity contribution >= 4 is 39.0 Å². The van der Waals surface area contributed by atoms with Crippen LogP contribution in [0.25, 0.3) is 0 Å². The van der Waals surface area contributed by atoms with E-state index in [4.69, 9.17) is 10.2 Å². The number of pyridine rings is 1. The molecule has 0 saturated heterocycles. The summed E-state index contributed by atoms with van der Waals surface area (Å²) in [6, 6.07) is 11.0. The fraction of sp³-hybridized carbons (Fsp3) is 0.0588. The largest absolute Gasteiger partial charge is 0.444 e. The Kier molecular flexibility index (Phi) is 4.99. The number of carbonyl (C=O) groups is 1. The third-order valence-corrected chi connectivity index (χ3v) is 3.83. The Balaban J connectivity index is 1.72. The van der Waals surface area contributed by atoms with Gasteiger partial charge in [0.25, 0.3) is 5.91 Å². The smallest absolute Gasteiger partial charge is 0.291 e. The molecule has 6 nitrogen and oxygen atoms in total. The molecule has 0 fully saturated rings. The minimum Gasteiger partial charge on any atom is -0.444 e. The molecular weight excluding hydrogens is 391 g/mol. The van der Waals surface area contributed by atoms with Crippen molar-refractivity contribution in [2.75, 3.05) is 16.4 Å². The number of nitrogens with zero attached hydrogens (tertiary/aromatic N) is 1. The molecule has 3 rings (SSSR count). The second-order valence-electron chi connectivity index (χ2n) is 5.15. The van der Waals surface area contributed by atoms with Crippen LogP contribution < -0.4 is 16.4 Å². The van der Waals surface area contributed by atoms with Gasteiger partial charge in [0.15, 0.2) is 10.4 Å². The van der Waals surface area contributed by atoms with Crippen LogP contribution in [0, 0.1) is 5.82 Å². The lowest BCUT2D eigenvalue weighted by Gasteiger charge is -2.11. The van der Waals surface area contributed by atoms with Gasteiger partial charge in [0, 0.05) is 24.0 Å². The second-order valence-corrected chi connectivity index (χ2v) is 5.94. The molecule has 2 heterocycles. The molecule has 0 aliphatic carbocycles. The van der Waals surface area contributed by atoms with E-state index in [1.807, 2.05) is 0 Å². The van der Waals surface area contributed by atoms with Crippen LogP contribution in [-0.2, 0) is 6.54 Å². The molecule has 0 spiro atoms. The van der Waals surface area contributed by atoms with Crippen molar-refractivity contribution < 1.29 is 13.6 Å². The molecule has 1 amide bonds. The first-order valence-corrected chi connectivity index (χ1v) is 8.11. The molecule has 0 aliphatic rings. The topological polar surface area (TPSA) is 93.2 Å². The SMILES string of the molecule is Nc1ncccc1NCc1cc(NC(=O)c2ccc(Br)o2)ccc1F. The summed E-state index contributed by atoms with van der Waals surface area (Å²) in [5.74, 6) is -0.337. The predicted molar refractivity (Wildman–Crippen MR) is 96.7 cm³/mol. The molecule has 4 N–H and O–H groups in total. The fourth-order valence-electron chi connectivity index (χ4n) is 2.17. The lowest BCUT2D eigenvalue weighted by molar-refractivity contribution is 0.0995. The normalized spacial score (nSPS) is 10.5. The first-order chi connectivity index (χ1) is 12.0. The Hall–Kier alpha value is -2.87. The van der Waals surface area contributed by atoms with E-state index < -0.39 is 11.7 Å². The summed E-state index contributed by atoms with van der Waals surface area (Å²) in [4.78, 5) is 16.0. The number of amides is 1. The van der Waals surface area contributed by atoms with Crippen LogP contribution >= 0.6 is 15.9 Å². The number of nitrogens with one attached hydrogen (secondary N) is 2. The molecule has 0 aliphatic heterocycles. The highest BCUT2D eigenvalue weighted by atomic mass is 79.9. The Morgan fingerprint density at radius 3 is 2.84 bits per heavy atom. The Bertz CT molecular complexity index is 913. The highest BCUT2D eigenvalue weighted by Crippen LogP contribution is 2.20. The molecule has 128 valence electrons. The van der Waals surface area contributed by atoms with Gasteiger partial charge in [-0.25, -0.2) is 9.37 Å². The van der Waals surface area contributed by atoms with Crippen LogP contribution in [0.1, 0.15) is 16.1 Å². The van der Waals surface area contributed by atoms with Gasteiger partial charge in [-0.3, -0.25) is 4.79 Å². The van der Waals surface area contributed by atoms with Crippen molar-refractivity contribution in [1.29, 1.82) is 0 Å². The van der Waals surface area contributed by atoms with Crippen molar-refractivity contribution in [1.82, 2.24) is 4.98 Å². The number of nitrogens with two attached hydrogens (primary N) is 1. The summed E-state index contributed by atoms with van der Waals surface area (Å²) in [6.45, 7) is 0.192. The van der Waals surface area contributed by atoms with Gasteiger partial charge in [0.1, 0.15) is 11.6 Å². The van der Waals surface area contributed by atoms with Crippen LogP contribution in [0.2, 0.25) is 0 Å². The average molecular weight is 405 g/mol. The fourth-order valence-corrected chi connectivity index (χ4v) is 2.48. The molecule has 0 bridgehead atoms. The second kappa shape index (κ2) is 7.35. The molecule has 25 heavy (non-hydrogen) atoms. The lowest BCUT2D eigenvalue weighted by atomic mass is 10.1. The quantitative estimate of drug-likeness (QED) is 0.596. The summed E-state index contributed by atoms with van der Waals surface area (Å²) in [6.07, 6.45) is 1.57. The van der Waals surface area contributed by atoms with Crippen LogP contribution in [0.4, 0.5) is 21.6 Å². The third kappa shape index (κ3) is 4.16. The number of anilines is 3. The van der Waals surface area contributed by atoms with E-state index in [0.717, 1.165) is 0 Å². The van der Waals surface area contributed by atoms with Gasteiger partial charge in [-0.15, -0.1) is 0 Å². The molecule has 0 radical (unpaired) electrons. The number of halogens is 2. The maximum atomic E-state index is 14.0. The van der Waals surface area contributed by atoms with Crippen LogP contribution in [0.5, 0.6) is 0 Å². The minimum absolute atomic E-state index is 0.152. The first kappa shape index (κ1) is 17.0. The molecule has 0 atom stereocenters. The van der Waals surface area contributed by atoms with E-state index in [2.05, 4.69) is 31.5 Å². The monoisotopic (exact) mass is 404 g/mol. The average Bonchev–Trinajstić information content (AvgIpc) is 3.03. The molecule has 3 aromatic rings. The van der Waals surface area contributed by atoms with E-state index in [0.29, 0.717) is 27.4 Å². The molecule has 0 saturated carbocycles. The van der Waals surface area contributed by atoms with Gasteiger partial charge >= 0.3 is 0 Å². The number of furan rings is 1. The van der Waals surface area contributed by atoms with Crippen molar-refractivity contribution in [3.63, 3.8) is 0 Å². The van der Waals surface area contributed by atoms with Crippen LogP contribution in [-0.4, -0.2) is 10.9 Å². The Morgan fingerprint density at radius 1 is 1.28 bits per heavy atom. The third-order valence-electron chi connectivity index (χ3n) is 3.41. The molecule has 1 aromatic carbocycles. The van der Waals surface area contributed by atoms with Gasteiger partial charge < -0.3 is 20.8 Å². The van der Waals surface area contributed by atoms with E-state index >= 15 is 0 Å². The van der Waals surface area contributed by atoms with E-state index in [1.54, 1.807) is 30.5 Å². The van der Waals surface area contributed by atoms with Crippen molar-refractivity contribution in [3.05, 3.63) is 70.5 Å². The number of hydrogen-bond acceptors (Lipinski definition) is 5. The van der Waals surface area contributed by atoms with Crippen molar-refractivity contribution in [2.45, 2.75) is 6.54 Å². The summed E-state index contributed by atoms with van der Waals surface area (Å²) in [7, 11) is 0. The molecule has 2 aromatic heterocycles. The zero-order valence-electron chi connectivity index (χ0n) is 12.9. The van der Waals surface area contributed by atoms with Gasteiger partial charge in [0.2, 0.25) is 0 Å². The first-order valence-electron chi connectivity index (χ1n) is 7.32. The van der Waals surface area contributed by atoms with Crippen LogP contribution in [0.15, 0.2) is 57.7 Å². The number of rotatable bonds is 5. The van der Waals surface area contributed by atoms with Gasteiger partial charge in [-0.1, -0.05) is 0 Å². The summed E-state index contributed by atoms with van der Waals surface area (Å²) in [5.41, 5.74) is 7.18.